The summed E-state index contributed by atoms with van der Waals surface area (Å²) < 4.78 is 11.5. The average molecular weight is 428 g/mol. The summed E-state index contributed by atoms with van der Waals surface area (Å²) in [6.45, 7) is 6.07. The number of carbonyl (C=O) groups excluding carboxylic acids is 2. The molecule has 1 aliphatic carbocycles. The zero-order valence-corrected chi connectivity index (χ0v) is 19.1. The Bertz CT molecular complexity index is 857. The van der Waals surface area contributed by atoms with Crippen molar-refractivity contribution in [2.24, 2.45) is 5.92 Å². The summed E-state index contributed by atoms with van der Waals surface area (Å²) in [6.07, 6.45) is 5.18. The fraction of sp³-hybridized carbons (Fsp3) is 0.542. The van der Waals surface area contributed by atoms with E-state index in [1.54, 1.807) is 45.3 Å². The van der Waals surface area contributed by atoms with Gasteiger partial charge in [0.15, 0.2) is 17.6 Å². The fourth-order valence-corrected chi connectivity index (χ4v) is 3.68. The maximum absolute atomic E-state index is 12.7. The van der Waals surface area contributed by atoms with Gasteiger partial charge in [-0.1, -0.05) is 25.8 Å². The minimum atomic E-state index is -0.673. The van der Waals surface area contributed by atoms with Crippen molar-refractivity contribution >= 4 is 17.9 Å². The Morgan fingerprint density at radius 3 is 2.61 bits per heavy atom. The zero-order valence-electron chi connectivity index (χ0n) is 19.1. The predicted octanol–water partition coefficient (Wildman–Crippen LogP) is 3.54. The number of hydrogen-bond acceptors (Lipinski definition) is 5. The van der Waals surface area contributed by atoms with Gasteiger partial charge in [0.1, 0.15) is 11.6 Å². The van der Waals surface area contributed by atoms with Gasteiger partial charge in [0.05, 0.1) is 6.61 Å². The number of ether oxygens (including phenoxy) is 2. The molecule has 1 N–H and O–H groups in total. The Labute approximate surface area is 185 Å². The highest BCUT2D eigenvalue weighted by atomic mass is 16.5. The molecule has 3 unspecified atom stereocenters. The van der Waals surface area contributed by atoms with Crippen LogP contribution in [0.4, 0.5) is 0 Å². The molecule has 1 fully saturated rings. The molecule has 31 heavy (non-hydrogen) atoms. The first-order valence-electron chi connectivity index (χ1n) is 10.8. The van der Waals surface area contributed by atoms with Crippen molar-refractivity contribution in [1.82, 2.24) is 10.2 Å². The van der Waals surface area contributed by atoms with Gasteiger partial charge in [-0.15, -0.1) is 0 Å². The quantitative estimate of drug-likeness (QED) is 0.506. The van der Waals surface area contributed by atoms with Crippen molar-refractivity contribution < 1.29 is 19.1 Å². The molecule has 7 heteroatoms. The van der Waals surface area contributed by atoms with E-state index in [1.807, 2.05) is 13.0 Å². The van der Waals surface area contributed by atoms with Gasteiger partial charge < -0.3 is 19.7 Å². The molecule has 0 radical (unpaired) electrons. The number of likely N-dealkylation sites (N-methyl/N-ethyl adjacent to an activating group) is 1. The van der Waals surface area contributed by atoms with Gasteiger partial charge in [-0.05, 0) is 56.4 Å². The summed E-state index contributed by atoms with van der Waals surface area (Å²) in [7, 11) is 3.34. The largest absolute Gasteiger partial charge is 0.490 e. The van der Waals surface area contributed by atoms with E-state index in [4.69, 9.17) is 9.47 Å². The molecule has 168 valence electrons. The summed E-state index contributed by atoms with van der Waals surface area (Å²) >= 11 is 0. The van der Waals surface area contributed by atoms with Crippen LogP contribution in [0.5, 0.6) is 11.5 Å². The summed E-state index contributed by atoms with van der Waals surface area (Å²) in [5.41, 5.74) is 0.691. The van der Waals surface area contributed by atoms with Crippen LogP contribution < -0.4 is 14.8 Å². The molecule has 1 saturated carbocycles. The molecule has 0 spiro atoms. The van der Waals surface area contributed by atoms with Crippen molar-refractivity contribution in [2.45, 2.75) is 58.6 Å². The minimum absolute atomic E-state index is 0.0463. The lowest BCUT2D eigenvalue weighted by atomic mass is 9.86. The fourth-order valence-electron chi connectivity index (χ4n) is 3.68. The smallest absolute Gasteiger partial charge is 0.262 e. The first kappa shape index (κ1) is 24.3. The molecule has 1 aromatic rings. The zero-order chi connectivity index (χ0) is 23.0. The average Bonchev–Trinajstić information content (AvgIpc) is 2.74. The number of nitrogens with zero attached hydrogens (tertiary/aromatic N) is 2. The predicted molar refractivity (Wildman–Crippen MR) is 120 cm³/mol. The SMILES string of the molecule is CCOc1cc(/C=C(/C#N)C(=O)NC2CCCCC2C)ccc1OC(C)C(=O)N(C)C. The van der Waals surface area contributed by atoms with Crippen molar-refractivity contribution in [1.29, 1.82) is 5.26 Å². The second-order valence-corrected chi connectivity index (χ2v) is 8.14. The molecule has 0 heterocycles. The van der Waals surface area contributed by atoms with E-state index < -0.39 is 6.10 Å². The van der Waals surface area contributed by atoms with Gasteiger partial charge in [0, 0.05) is 20.1 Å². The lowest BCUT2D eigenvalue weighted by Crippen LogP contribution is -2.41. The number of nitrogens with one attached hydrogen (secondary N) is 1. The summed E-state index contributed by atoms with van der Waals surface area (Å²) in [4.78, 5) is 26.2. The third kappa shape index (κ3) is 6.74. The van der Waals surface area contributed by atoms with Crippen LogP contribution in [0.15, 0.2) is 23.8 Å². The molecule has 0 aromatic heterocycles. The minimum Gasteiger partial charge on any atom is -0.490 e. The second-order valence-electron chi connectivity index (χ2n) is 8.14. The number of amides is 2. The van der Waals surface area contributed by atoms with Crippen LogP contribution in [0.2, 0.25) is 0 Å². The number of hydrogen-bond donors (Lipinski definition) is 1. The van der Waals surface area contributed by atoms with E-state index in [2.05, 4.69) is 12.2 Å². The Hall–Kier alpha value is -3.01. The highest BCUT2D eigenvalue weighted by molar-refractivity contribution is 6.01. The number of rotatable bonds is 8. The second kappa shape index (κ2) is 11.4. The van der Waals surface area contributed by atoms with Gasteiger partial charge in [-0.2, -0.15) is 5.26 Å². The molecule has 7 nitrogen and oxygen atoms in total. The first-order chi connectivity index (χ1) is 14.8. The molecule has 0 bridgehead atoms. The van der Waals surface area contributed by atoms with Gasteiger partial charge in [-0.3, -0.25) is 9.59 Å². The van der Waals surface area contributed by atoms with Crippen LogP contribution in [0, 0.1) is 17.2 Å². The lowest BCUT2D eigenvalue weighted by molar-refractivity contribution is -0.135. The first-order valence-corrected chi connectivity index (χ1v) is 10.8. The van der Waals surface area contributed by atoms with E-state index >= 15 is 0 Å². The standard InChI is InChI=1S/C24H33N3O4/c1-6-30-22-14-18(11-12-21(22)31-17(3)24(29)27(4)5)13-19(15-25)23(28)26-20-10-8-7-9-16(20)2/h11-14,16-17,20H,6-10H2,1-5H3,(H,26,28)/b19-13-. The van der Waals surface area contributed by atoms with E-state index in [1.165, 1.54) is 11.3 Å². The Kier molecular flexibility index (Phi) is 8.92. The number of nitriles is 1. The summed E-state index contributed by atoms with van der Waals surface area (Å²) in [5.74, 6) is 0.774. The monoisotopic (exact) mass is 427 g/mol. The third-order valence-electron chi connectivity index (χ3n) is 5.46. The Morgan fingerprint density at radius 2 is 2.00 bits per heavy atom. The Balaban J connectivity index is 2.20. The molecule has 1 aromatic carbocycles. The van der Waals surface area contributed by atoms with Crippen LogP contribution in [0.1, 0.15) is 52.0 Å². The molecule has 0 aliphatic heterocycles. The highest BCUT2D eigenvalue weighted by Crippen LogP contribution is 2.30. The molecule has 2 rings (SSSR count). The summed E-state index contributed by atoms with van der Waals surface area (Å²) in [5, 5.41) is 12.5. The number of carbonyl (C=O) groups is 2. The molecular weight excluding hydrogens is 394 g/mol. The molecule has 2 amide bonds. The van der Waals surface area contributed by atoms with Crippen LogP contribution in [-0.4, -0.2) is 49.6 Å². The molecule has 1 aliphatic rings. The third-order valence-corrected chi connectivity index (χ3v) is 5.46. The van der Waals surface area contributed by atoms with Crippen LogP contribution >= 0.6 is 0 Å². The lowest BCUT2D eigenvalue weighted by Gasteiger charge is -2.29. The van der Waals surface area contributed by atoms with Crippen molar-refractivity contribution in [2.75, 3.05) is 20.7 Å². The van der Waals surface area contributed by atoms with E-state index in [0.29, 0.717) is 29.6 Å². The van der Waals surface area contributed by atoms with Gasteiger partial charge in [0.2, 0.25) is 0 Å². The number of benzene rings is 1. The molecular formula is C24H33N3O4. The highest BCUT2D eigenvalue weighted by Gasteiger charge is 2.24. The van der Waals surface area contributed by atoms with Crippen LogP contribution in [-0.2, 0) is 9.59 Å². The van der Waals surface area contributed by atoms with E-state index in [9.17, 15) is 14.9 Å². The summed E-state index contributed by atoms with van der Waals surface area (Å²) in [6, 6.07) is 7.24. The van der Waals surface area contributed by atoms with Crippen molar-refractivity contribution in [3.8, 4) is 17.6 Å². The maximum atomic E-state index is 12.7. The molecule has 3 atom stereocenters. The Morgan fingerprint density at radius 1 is 1.29 bits per heavy atom. The van der Waals surface area contributed by atoms with E-state index in [-0.39, 0.29) is 23.4 Å². The van der Waals surface area contributed by atoms with Crippen LogP contribution in [0.25, 0.3) is 6.08 Å². The topological polar surface area (TPSA) is 91.7 Å². The van der Waals surface area contributed by atoms with Crippen molar-refractivity contribution in [3.63, 3.8) is 0 Å². The van der Waals surface area contributed by atoms with Crippen molar-refractivity contribution in [3.05, 3.63) is 29.3 Å². The van der Waals surface area contributed by atoms with Gasteiger partial charge >= 0.3 is 0 Å². The van der Waals surface area contributed by atoms with Crippen LogP contribution in [0.3, 0.4) is 0 Å². The maximum Gasteiger partial charge on any atom is 0.262 e. The van der Waals surface area contributed by atoms with Gasteiger partial charge in [-0.25, -0.2) is 0 Å². The van der Waals surface area contributed by atoms with E-state index in [0.717, 1.165) is 19.3 Å². The molecule has 0 saturated heterocycles. The normalized spacial score (nSPS) is 19.7. The van der Waals surface area contributed by atoms with Gasteiger partial charge in [0.25, 0.3) is 11.8 Å².